The van der Waals surface area contributed by atoms with Gasteiger partial charge in [0.15, 0.2) is 5.75 Å². The molecule has 1 aromatic carbocycles. The molecule has 0 atom stereocenters. The summed E-state index contributed by atoms with van der Waals surface area (Å²) in [6, 6.07) is 5.95. The fourth-order valence-electron chi connectivity index (χ4n) is 1.67. The van der Waals surface area contributed by atoms with Gasteiger partial charge in [0.25, 0.3) is 8.32 Å². The minimum Gasteiger partial charge on any atom is -0.543 e. The van der Waals surface area contributed by atoms with Crippen molar-refractivity contribution in [3.8, 4) is 17.2 Å². The van der Waals surface area contributed by atoms with E-state index in [1.54, 1.807) is 7.11 Å². The molecule has 1 rings (SSSR count). The second kappa shape index (κ2) is 6.75. The lowest BCUT2D eigenvalue weighted by atomic mass is 10.2. The zero-order chi connectivity index (χ0) is 19.0. The average Bonchev–Trinajstić information content (AvgIpc) is 2.37. The van der Waals surface area contributed by atoms with E-state index in [2.05, 4.69) is 67.7 Å². The maximum absolute atomic E-state index is 6.41. The van der Waals surface area contributed by atoms with E-state index in [-0.39, 0.29) is 10.1 Å². The van der Waals surface area contributed by atoms with Gasteiger partial charge in [-0.3, -0.25) is 0 Å². The summed E-state index contributed by atoms with van der Waals surface area (Å²) >= 11 is 0. The Morgan fingerprint density at radius 2 is 1.17 bits per heavy atom. The van der Waals surface area contributed by atoms with Gasteiger partial charge < -0.3 is 13.6 Å². The molecule has 0 bridgehead atoms. The molecule has 0 aliphatic carbocycles. The summed E-state index contributed by atoms with van der Waals surface area (Å²) in [6.45, 7) is 22.4. The van der Waals surface area contributed by atoms with Crippen LogP contribution in [0, 0.1) is 0 Å². The van der Waals surface area contributed by atoms with Crippen LogP contribution < -0.4 is 13.6 Å². The Bertz CT molecular complexity index is 567. The van der Waals surface area contributed by atoms with Crippen LogP contribution in [-0.4, -0.2) is 23.7 Å². The molecule has 0 heterocycles. The normalized spacial score (nSPS) is 13.6. The van der Waals surface area contributed by atoms with E-state index in [0.717, 1.165) is 17.2 Å². The summed E-state index contributed by atoms with van der Waals surface area (Å²) in [5.41, 5.74) is 0. The second-order valence-corrected chi connectivity index (χ2v) is 19.0. The van der Waals surface area contributed by atoms with Crippen molar-refractivity contribution in [3.63, 3.8) is 0 Å². The molecule has 0 N–H and O–H groups in total. The fraction of sp³-hybridized carbons (Fsp3) is 0.684. The highest BCUT2D eigenvalue weighted by Crippen LogP contribution is 2.42. The van der Waals surface area contributed by atoms with Crippen LogP contribution >= 0.6 is 0 Å². The van der Waals surface area contributed by atoms with Crippen LogP contribution in [0.5, 0.6) is 17.2 Å². The molecule has 1 aromatic rings. The predicted molar refractivity (Wildman–Crippen MR) is 109 cm³/mol. The summed E-state index contributed by atoms with van der Waals surface area (Å²) in [5, 5.41) is 0.310. The molecule has 24 heavy (non-hydrogen) atoms. The molecule has 0 saturated heterocycles. The summed E-state index contributed by atoms with van der Waals surface area (Å²) in [4.78, 5) is 0. The Morgan fingerprint density at radius 3 is 1.58 bits per heavy atom. The van der Waals surface area contributed by atoms with Crippen LogP contribution in [0.3, 0.4) is 0 Å². The van der Waals surface area contributed by atoms with Crippen LogP contribution in [-0.2, 0) is 0 Å². The highest BCUT2D eigenvalue weighted by molar-refractivity contribution is 6.75. The van der Waals surface area contributed by atoms with Crippen molar-refractivity contribution < 1.29 is 13.6 Å². The smallest absolute Gasteiger partial charge is 0.250 e. The van der Waals surface area contributed by atoms with Crippen LogP contribution in [0.15, 0.2) is 18.2 Å². The quantitative estimate of drug-likeness (QED) is 0.558. The van der Waals surface area contributed by atoms with E-state index in [9.17, 15) is 0 Å². The van der Waals surface area contributed by atoms with Crippen molar-refractivity contribution in [1.82, 2.24) is 0 Å². The summed E-state index contributed by atoms with van der Waals surface area (Å²) in [6.07, 6.45) is 0. The maximum atomic E-state index is 6.41. The van der Waals surface area contributed by atoms with Gasteiger partial charge in [0.05, 0.1) is 7.11 Å². The first-order valence-electron chi connectivity index (χ1n) is 8.67. The molecule has 0 radical (unpaired) electrons. The first-order chi connectivity index (χ1) is 10.6. The molecule has 5 heteroatoms. The Kier molecular flexibility index (Phi) is 5.93. The summed E-state index contributed by atoms with van der Waals surface area (Å²) in [5.74, 6) is 2.42. The van der Waals surface area contributed by atoms with Crippen molar-refractivity contribution in [1.29, 1.82) is 0 Å². The van der Waals surface area contributed by atoms with Crippen molar-refractivity contribution in [2.75, 3.05) is 7.11 Å². The lowest BCUT2D eigenvalue weighted by Gasteiger charge is -2.37. The van der Waals surface area contributed by atoms with Gasteiger partial charge in [0, 0.05) is 6.07 Å². The van der Waals surface area contributed by atoms with Crippen molar-refractivity contribution in [3.05, 3.63) is 18.2 Å². The van der Waals surface area contributed by atoms with Gasteiger partial charge in [-0.15, -0.1) is 0 Å². The van der Waals surface area contributed by atoms with Gasteiger partial charge in [0.2, 0.25) is 8.32 Å². The molecule has 0 amide bonds. The Labute approximate surface area is 151 Å². The zero-order valence-electron chi connectivity index (χ0n) is 17.5. The summed E-state index contributed by atoms with van der Waals surface area (Å²) < 4.78 is 18.4. The van der Waals surface area contributed by atoms with Gasteiger partial charge in [-0.25, -0.2) is 0 Å². The monoisotopic (exact) mass is 368 g/mol. The van der Waals surface area contributed by atoms with Crippen molar-refractivity contribution in [2.45, 2.75) is 77.8 Å². The van der Waals surface area contributed by atoms with Crippen LogP contribution in [0.4, 0.5) is 0 Å². The van der Waals surface area contributed by atoms with Crippen LogP contribution in [0.1, 0.15) is 41.5 Å². The van der Waals surface area contributed by atoms with Gasteiger partial charge in [0.1, 0.15) is 11.5 Å². The fourth-order valence-corrected chi connectivity index (χ4v) is 3.72. The number of ether oxygens (including phenoxy) is 1. The third kappa shape index (κ3) is 4.79. The highest BCUT2D eigenvalue weighted by atomic mass is 28.4. The Balaban J connectivity index is 3.10. The van der Waals surface area contributed by atoms with Crippen molar-refractivity contribution in [2.24, 2.45) is 0 Å². The third-order valence-electron chi connectivity index (χ3n) is 5.49. The molecule has 0 aromatic heterocycles. The summed E-state index contributed by atoms with van der Waals surface area (Å²) in [7, 11) is -2.08. The molecule has 138 valence electrons. The Hall–Kier alpha value is -0.946. The maximum Gasteiger partial charge on any atom is 0.250 e. The number of rotatable bonds is 5. The van der Waals surface area contributed by atoms with Gasteiger partial charge >= 0.3 is 0 Å². The molecule has 0 spiro atoms. The van der Waals surface area contributed by atoms with Crippen LogP contribution in [0.2, 0.25) is 36.3 Å². The van der Waals surface area contributed by atoms with Gasteiger partial charge in [-0.1, -0.05) is 41.5 Å². The molecule has 0 unspecified atom stereocenters. The van der Waals surface area contributed by atoms with Crippen molar-refractivity contribution >= 4 is 16.6 Å². The lowest BCUT2D eigenvalue weighted by Crippen LogP contribution is -2.44. The van der Waals surface area contributed by atoms with E-state index in [1.165, 1.54) is 0 Å². The molecule has 3 nitrogen and oxygen atoms in total. The first-order valence-corrected chi connectivity index (χ1v) is 14.5. The average molecular weight is 369 g/mol. The molecular weight excluding hydrogens is 332 g/mol. The third-order valence-corrected chi connectivity index (χ3v) is 14.2. The molecular formula is C19H36O3Si2. The van der Waals surface area contributed by atoms with E-state index in [1.807, 2.05) is 18.2 Å². The molecule has 0 saturated carbocycles. The van der Waals surface area contributed by atoms with Gasteiger partial charge in [-0.2, -0.15) is 0 Å². The largest absolute Gasteiger partial charge is 0.543 e. The second-order valence-electron chi connectivity index (χ2n) is 9.54. The number of hydrogen-bond acceptors (Lipinski definition) is 3. The SMILES string of the molecule is COc1cc(O[Si](C)(C)C(C)(C)C)ccc1O[Si](C)(C)C(C)(C)C. The molecule has 0 fully saturated rings. The first kappa shape index (κ1) is 21.1. The highest BCUT2D eigenvalue weighted by Gasteiger charge is 2.40. The molecule has 0 aliphatic rings. The standard InChI is InChI=1S/C19H36O3Si2/c1-18(2,3)23(8,9)21-15-12-13-16(17(14-15)20-7)22-24(10,11)19(4,5)6/h12-14H,1-11H3. The number of benzene rings is 1. The van der Waals surface area contributed by atoms with Gasteiger partial charge in [-0.05, 0) is 48.4 Å². The Morgan fingerprint density at radius 1 is 0.708 bits per heavy atom. The van der Waals surface area contributed by atoms with E-state index in [0.29, 0.717) is 0 Å². The molecule has 0 aliphatic heterocycles. The van der Waals surface area contributed by atoms with Crippen LogP contribution in [0.25, 0.3) is 0 Å². The minimum atomic E-state index is -1.90. The number of hydrogen-bond donors (Lipinski definition) is 0. The minimum absolute atomic E-state index is 0.147. The van der Waals surface area contributed by atoms with E-state index >= 15 is 0 Å². The topological polar surface area (TPSA) is 27.7 Å². The van der Waals surface area contributed by atoms with E-state index in [4.69, 9.17) is 13.6 Å². The predicted octanol–water partition coefficient (Wildman–Crippen LogP) is 6.46. The van der Waals surface area contributed by atoms with E-state index < -0.39 is 16.6 Å². The number of methoxy groups -OCH3 is 1. The zero-order valence-corrected chi connectivity index (χ0v) is 19.5. The lowest BCUT2D eigenvalue weighted by molar-refractivity contribution is 0.382.